The number of aromatic nitrogens is 3. The van der Waals surface area contributed by atoms with E-state index in [1.165, 1.54) is 12.5 Å². The summed E-state index contributed by atoms with van der Waals surface area (Å²) in [5.74, 6) is -5.28. The number of aliphatic carboxylic acids is 2. The zero-order chi connectivity index (χ0) is 31.6. The molecule has 2 aromatic heterocycles. The van der Waals surface area contributed by atoms with Crippen LogP contribution in [0.4, 0.5) is 0 Å². The van der Waals surface area contributed by atoms with Gasteiger partial charge in [0.05, 0.1) is 18.8 Å². The number of benzene rings is 2. The standard InChI is InChI=1S/C30H33N7O7/c31-21(10-17-6-2-1-3-7-17)27(40)35-23(12-19-15-32-16-34-19)28(41)36-24(13-26(38)39)29(42)37-25(30(43)44)11-18-14-33-22-9-5-4-8-20(18)22/h1-9,14-16,21,23-25,33H,10-13,31H2,(H,32,34)(H,35,40)(H,36,41)(H,37,42)(H,38,39)(H,43,44). The molecule has 4 atom stereocenters. The van der Waals surface area contributed by atoms with Crippen LogP contribution in [-0.2, 0) is 43.2 Å². The largest absolute Gasteiger partial charge is 0.481 e. The highest BCUT2D eigenvalue weighted by Crippen LogP contribution is 2.19. The number of imidazole rings is 1. The number of carbonyl (C=O) groups excluding carboxylic acids is 3. The van der Waals surface area contributed by atoms with Gasteiger partial charge in [-0.25, -0.2) is 9.78 Å². The number of para-hydroxylation sites is 1. The molecule has 2 aromatic carbocycles. The maximum absolute atomic E-state index is 13.4. The Balaban J connectivity index is 1.47. The SMILES string of the molecule is NC(Cc1ccccc1)C(=O)NC(Cc1cnc[nH]1)C(=O)NC(CC(=O)O)C(=O)NC(Cc1c[nH]c2ccccc12)C(=O)O. The van der Waals surface area contributed by atoms with Crippen molar-refractivity contribution in [2.45, 2.75) is 49.9 Å². The third-order valence-electron chi connectivity index (χ3n) is 6.97. The third-order valence-corrected chi connectivity index (χ3v) is 6.97. The van der Waals surface area contributed by atoms with Gasteiger partial charge < -0.3 is 41.9 Å². The molecular weight excluding hydrogens is 570 g/mol. The molecule has 0 radical (unpaired) electrons. The minimum absolute atomic E-state index is 0.0741. The predicted octanol–water partition coefficient (Wildman–Crippen LogP) is 0.260. The summed E-state index contributed by atoms with van der Waals surface area (Å²) in [6.45, 7) is 0. The minimum atomic E-state index is -1.65. The highest BCUT2D eigenvalue weighted by molar-refractivity contribution is 5.96. The summed E-state index contributed by atoms with van der Waals surface area (Å²) in [6.07, 6.45) is 3.64. The second-order valence-electron chi connectivity index (χ2n) is 10.3. The molecule has 230 valence electrons. The number of nitrogens with two attached hydrogens (primary N) is 1. The van der Waals surface area contributed by atoms with Gasteiger partial charge in [0.15, 0.2) is 0 Å². The van der Waals surface area contributed by atoms with Gasteiger partial charge in [-0.05, 0) is 23.6 Å². The van der Waals surface area contributed by atoms with Crippen LogP contribution in [0.3, 0.4) is 0 Å². The molecule has 0 bridgehead atoms. The number of rotatable bonds is 15. The zero-order valence-electron chi connectivity index (χ0n) is 23.5. The molecule has 2 heterocycles. The number of nitrogens with one attached hydrogen (secondary N) is 5. The van der Waals surface area contributed by atoms with Crippen molar-refractivity contribution < 1.29 is 34.2 Å². The smallest absolute Gasteiger partial charge is 0.326 e. The molecule has 0 aliphatic rings. The van der Waals surface area contributed by atoms with Crippen LogP contribution in [0.2, 0.25) is 0 Å². The van der Waals surface area contributed by atoms with Gasteiger partial charge in [-0.15, -0.1) is 0 Å². The molecule has 0 spiro atoms. The molecule has 14 nitrogen and oxygen atoms in total. The van der Waals surface area contributed by atoms with E-state index in [1.807, 2.05) is 18.2 Å². The van der Waals surface area contributed by atoms with Gasteiger partial charge in [0.1, 0.15) is 18.1 Å². The van der Waals surface area contributed by atoms with Gasteiger partial charge in [-0.3, -0.25) is 19.2 Å². The van der Waals surface area contributed by atoms with E-state index >= 15 is 0 Å². The number of amides is 3. The summed E-state index contributed by atoms with van der Waals surface area (Å²) in [6, 6.07) is 10.9. The van der Waals surface area contributed by atoms with Crippen LogP contribution in [0.25, 0.3) is 10.9 Å². The first-order valence-electron chi connectivity index (χ1n) is 13.8. The van der Waals surface area contributed by atoms with Crippen molar-refractivity contribution in [1.82, 2.24) is 30.9 Å². The number of hydrogen-bond acceptors (Lipinski definition) is 7. The Hall–Kier alpha value is -5.50. The molecule has 0 saturated heterocycles. The van der Waals surface area contributed by atoms with Crippen LogP contribution in [0.15, 0.2) is 73.3 Å². The number of hydrogen-bond donors (Lipinski definition) is 8. The van der Waals surface area contributed by atoms with E-state index in [4.69, 9.17) is 5.73 Å². The summed E-state index contributed by atoms with van der Waals surface area (Å²) in [4.78, 5) is 73.1. The van der Waals surface area contributed by atoms with Gasteiger partial charge >= 0.3 is 11.9 Å². The summed E-state index contributed by atoms with van der Waals surface area (Å²) in [5.41, 5.74) is 8.79. The first kappa shape index (κ1) is 31.4. The molecular formula is C30H33N7O7. The quantitative estimate of drug-likeness (QED) is 0.0929. The number of nitrogens with zero attached hydrogens (tertiary/aromatic N) is 1. The topological polar surface area (TPSA) is 232 Å². The third kappa shape index (κ3) is 8.51. The molecule has 9 N–H and O–H groups in total. The number of carboxylic acids is 2. The second kappa shape index (κ2) is 14.6. The normalized spacial score (nSPS) is 13.8. The summed E-state index contributed by atoms with van der Waals surface area (Å²) in [5, 5.41) is 27.4. The van der Waals surface area contributed by atoms with E-state index in [-0.39, 0.29) is 19.3 Å². The molecule has 4 aromatic rings. The Labute approximate surface area is 251 Å². The average molecular weight is 604 g/mol. The number of aromatic amines is 2. The maximum atomic E-state index is 13.4. The fourth-order valence-corrected chi connectivity index (χ4v) is 4.71. The van der Waals surface area contributed by atoms with Gasteiger partial charge in [0.25, 0.3) is 0 Å². The van der Waals surface area contributed by atoms with Crippen LogP contribution in [-0.4, -0.2) is 79.0 Å². The van der Waals surface area contributed by atoms with Crippen molar-refractivity contribution >= 4 is 40.6 Å². The summed E-state index contributed by atoms with van der Waals surface area (Å²) >= 11 is 0. The molecule has 3 amide bonds. The average Bonchev–Trinajstić information content (AvgIpc) is 3.66. The lowest BCUT2D eigenvalue weighted by molar-refractivity contribution is -0.143. The highest BCUT2D eigenvalue weighted by Gasteiger charge is 2.32. The Morgan fingerprint density at radius 3 is 2.11 bits per heavy atom. The van der Waals surface area contributed by atoms with Crippen molar-refractivity contribution in [2.24, 2.45) is 5.73 Å². The van der Waals surface area contributed by atoms with E-state index < -0.39 is 60.2 Å². The van der Waals surface area contributed by atoms with Gasteiger partial charge in [-0.2, -0.15) is 0 Å². The molecule has 4 rings (SSSR count). The van der Waals surface area contributed by atoms with E-state index in [1.54, 1.807) is 42.6 Å². The first-order chi connectivity index (χ1) is 21.1. The number of fused-ring (bicyclic) bond motifs is 1. The first-order valence-corrected chi connectivity index (χ1v) is 13.8. The van der Waals surface area contributed by atoms with Crippen LogP contribution < -0.4 is 21.7 Å². The lowest BCUT2D eigenvalue weighted by atomic mass is 10.0. The number of H-pyrrole nitrogens is 2. The fourth-order valence-electron chi connectivity index (χ4n) is 4.71. The molecule has 0 fully saturated rings. The monoisotopic (exact) mass is 603 g/mol. The Morgan fingerprint density at radius 2 is 1.43 bits per heavy atom. The lowest BCUT2D eigenvalue weighted by Crippen LogP contribution is -2.58. The van der Waals surface area contributed by atoms with Crippen molar-refractivity contribution in [1.29, 1.82) is 0 Å². The molecule has 0 aliphatic carbocycles. The van der Waals surface area contributed by atoms with Gasteiger partial charge in [0.2, 0.25) is 17.7 Å². The van der Waals surface area contributed by atoms with E-state index in [9.17, 15) is 34.2 Å². The van der Waals surface area contributed by atoms with Crippen LogP contribution >= 0.6 is 0 Å². The molecule has 44 heavy (non-hydrogen) atoms. The zero-order valence-corrected chi connectivity index (χ0v) is 23.5. The maximum Gasteiger partial charge on any atom is 0.326 e. The minimum Gasteiger partial charge on any atom is -0.481 e. The van der Waals surface area contributed by atoms with Crippen molar-refractivity contribution in [3.05, 3.63) is 90.1 Å². The van der Waals surface area contributed by atoms with Crippen LogP contribution in [0.5, 0.6) is 0 Å². The van der Waals surface area contributed by atoms with Crippen LogP contribution in [0, 0.1) is 0 Å². The van der Waals surface area contributed by atoms with E-state index in [0.717, 1.165) is 16.5 Å². The fraction of sp³-hybridized carbons (Fsp3) is 0.267. The van der Waals surface area contributed by atoms with Crippen molar-refractivity contribution in [3.63, 3.8) is 0 Å². The molecule has 0 saturated carbocycles. The Bertz CT molecular complexity index is 1600. The lowest BCUT2D eigenvalue weighted by Gasteiger charge is -2.24. The number of carbonyl (C=O) groups is 5. The summed E-state index contributed by atoms with van der Waals surface area (Å²) < 4.78 is 0. The molecule has 14 heteroatoms. The Morgan fingerprint density at radius 1 is 0.773 bits per heavy atom. The van der Waals surface area contributed by atoms with E-state index in [2.05, 4.69) is 30.9 Å². The Kier molecular flexibility index (Phi) is 10.4. The van der Waals surface area contributed by atoms with E-state index in [0.29, 0.717) is 11.3 Å². The van der Waals surface area contributed by atoms with Crippen molar-refractivity contribution in [2.75, 3.05) is 0 Å². The van der Waals surface area contributed by atoms with Crippen molar-refractivity contribution in [3.8, 4) is 0 Å². The van der Waals surface area contributed by atoms with Gasteiger partial charge in [-0.1, -0.05) is 48.5 Å². The second-order valence-corrected chi connectivity index (χ2v) is 10.3. The number of carboxylic acid groups (broad SMARTS) is 2. The molecule has 0 aliphatic heterocycles. The highest BCUT2D eigenvalue weighted by atomic mass is 16.4. The van der Waals surface area contributed by atoms with Gasteiger partial charge in [0, 0.05) is 41.8 Å². The van der Waals surface area contributed by atoms with Crippen LogP contribution in [0.1, 0.15) is 23.2 Å². The predicted molar refractivity (Wildman–Crippen MR) is 158 cm³/mol. The molecule has 4 unspecified atom stereocenters. The summed E-state index contributed by atoms with van der Waals surface area (Å²) in [7, 11) is 0.